The molecule has 0 unspecified atom stereocenters. The van der Waals surface area contributed by atoms with Crippen LogP contribution >= 0.6 is 15.9 Å². The summed E-state index contributed by atoms with van der Waals surface area (Å²) >= 11 is 2.98. The molecule has 0 radical (unpaired) electrons. The van der Waals surface area contributed by atoms with Gasteiger partial charge < -0.3 is 41.6 Å². The number of carbonyl (C=O) groups excluding carboxylic acids is 6. The van der Waals surface area contributed by atoms with Crippen LogP contribution in [0.5, 0.6) is 0 Å². The normalized spacial score (nSPS) is 14.1. The van der Waals surface area contributed by atoms with E-state index in [2.05, 4.69) is 42.2 Å². The van der Waals surface area contributed by atoms with E-state index in [-0.39, 0.29) is 25.0 Å². The van der Waals surface area contributed by atoms with Gasteiger partial charge in [-0.05, 0) is 48.0 Å². The number of carboxylic acid groups (broad SMARTS) is 1. The summed E-state index contributed by atoms with van der Waals surface area (Å²) in [5.41, 5.74) is 3.62. The molecule has 0 spiro atoms. The smallest absolute Gasteiger partial charge is 0.419 e. The van der Waals surface area contributed by atoms with Crippen molar-refractivity contribution in [3.8, 4) is 0 Å². The SMILES string of the molecule is CCC[C@H](NC(=O)[C@H](Cc1cn(C(=O)OC(C)(C)C)cn1)NC(=O)OC(C)(C)C)C(=O)N[C@@H](CNC(=O)[C@@H](Br)CC(N)=O)C(=O)O. The van der Waals surface area contributed by atoms with Gasteiger partial charge in [0, 0.05) is 25.6 Å². The number of hydrogen-bond donors (Lipinski definition) is 6. The van der Waals surface area contributed by atoms with Crippen molar-refractivity contribution in [3.63, 3.8) is 0 Å². The Morgan fingerprint density at radius 2 is 1.48 bits per heavy atom. The fourth-order valence-corrected chi connectivity index (χ4v) is 4.12. The average Bonchev–Trinajstić information content (AvgIpc) is 3.36. The molecule has 17 nitrogen and oxygen atoms in total. The summed E-state index contributed by atoms with van der Waals surface area (Å²) in [6, 6.07) is -4.16. The number of aromatic nitrogens is 2. The number of hydrogen-bond acceptors (Lipinski definition) is 10. The molecule has 5 amide bonds. The first-order valence-electron chi connectivity index (χ1n) is 14.4. The number of carbonyl (C=O) groups is 7. The number of nitrogens with one attached hydrogen (secondary N) is 4. The number of nitrogens with zero attached hydrogens (tertiary/aromatic N) is 2. The van der Waals surface area contributed by atoms with E-state index < -0.39 is 82.5 Å². The molecule has 18 heteroatoms. The van der Waals surface area contributed by atoms with Gasteiger partial charge in [0.25, 0.3) is 0 Å². The molecule has 0 bridgehead atoms. The number of carboxylic acids is 1. The van der Waals surface area contributed by atoms with Crippen molar-refractivity contribution >= 4 is 57.7 Å². The maximum absolute atomic E-state index is 13.5. The van der Waals surface area contributed by atoms with Crippen molar-refractivity contribution in [1.29, 1.82) is 0 Å². The van der Waals surface area contributed by atoms with Crippen LogP contribution in [0.25, 0.3) is 0 Å². The number of rotatable bonds is 15. The minimum atomic E-state index is -1.59. The molecule has 258 valence electrons. The Kier molecular flexibility index (Phi) is 15.1. The monoisotopic (exact) mass is 717 g/mol. The molecule has 1 heterocycles. The second kappa shape index (κ2) is 17.5. The van der Waals surface area contributed by atoms with E-state index in [9.17, 15) is 38.7 Å². The zero-order valence-corrected chi connectivity index (χ0v) is 28.6. The Hall–Kier alpha value is -4.22. The lowest BCUT2D eigenvalue weighted by atomic mass is 10.1. The summed E-state index contributed by atoms with van der Waals surface area (Å²) in [6.45, 7) is 11.2. The number of amides is 5. The molecule has 0 aliphatic heterocycles. The average molecular weight is 719 g/mol. The number of alkyl carbamates (subject to hydrolysis) is 1. The van der Waals surface area contributed by atoms with Gasteiger partial charge in [-0.15, -0.1) is 0 Å². The molecule has 46 heavy (non-hydrogen) atoms. The zero-order chi connectivity index (χ0) is 35.4. The highest BCUT2D eigenvalue weighted by Crippen LogP contribution is 2.12. The van der Waals surface area contributed by atoms with Crippen molar-refractivity contribution in [1.82, 2.24) is 30.8 Å². The Bertz CT molecular complexity index is 1270. The molecule has 0 aliphatic carbocycles. The van der Waals surface area contributed by atoms with Crippen molar-refractivity contribution in [2.45, 2.75) is 108 Å². The Balaban J connectivity index is 3.13. The summed E-state index contributed by atoms with van der Waals surface area (Å²) in [4.78, 5) is 89.8. The summed E-state index contributed by atoms with van der Waals surface area (Å²) < 4.78 is 11.7. The van der Waals surface area contributed by atoms with Gasteiger partial charge in [0.2, 0.25) is 23.6 Å². The molecular weight excluding hydrogens is 674 g/mol. The number of aliphatic carboxylic acids is 1. The van der Waals surface area contributed by atoms with Crippen LogP contribution in [-0.4, -0.2) is 97.1 Å². The van der Waals surface area contributed by atoms with Crippen molar-refractivity contribution < 1.29 is 48.1 Å². The van der Waals surface area contributed by atoms with Crippen molar-refractivity contribution in [2.75, 3.05) is 6.54 Å². The highest BCUT2D eigenvalue weighted by atomic mass is 79.9. The number of imidazole rings is 1. The summed E-state index contributed by atoms with van der Waals surface area (Å²) in [7, 11) is 0. The predicted octanol–water partition coefficient (Wildman–Crippen LogP) is 0.712. The van der Waals surface area contributed by atoms with E-state index in [4.69, 9.17) is 15.2 Å². The summed E-state index contributed by atoms with van der Waals surface area (Å²) in [6.07, 6.45) is 0.809. The van der Waals surface area contributed by atoms with Gasteiger partial charge in [-0.25, -0.2) is 23.9 Å². The highest BCUT2D eigenvalue weighted by molar-refractivity contribution is 9.10. The molecule has 1 aromatic heterocycles. The highest BCUT2D eigenvalue weighted by Gasteiger charge is 2.31. The van der Waals surface area contributed by atoms with Crippen LogP contribution in [0.15, 0.2) is 12.5 Å². The predicted molar refractivity (Wildman–Crippen MR) is 167 cm³/mol. The van der Waals surface area contributed by atoms with Crippen LogP contribution < -0.4 is 27.0 Å². The molecule has 7 N–H and O–H groups in total. The lowest BCUT2D eigenvalue weighted by molar-refractivity contribution is -0.142. The van der Waals surface area contributed by atoms with Gasteiger partial charge in [-0.3, -0.25) is 19.2 Å². The molecule has 0 fully saturated rings. The number of ether oxygens (including phenoxy) is 2. The Labute approximate surface area is 275 Å². The largest absolute Gasteiger partial charge is 0.480 e. The van der Waals surface area contributed by atoms with E-state index in [1.165, 1.54) is 12.5 Å². The van der Waals surface area contributed by atoms with Crippen molar-refractivity contribution in [2.24, 2.45) is 5.73 Å². The Morgan fingerprint density at radius 3 is 2.00 bits per heavy atom. The standard InChI is InChI=1S/C28H44BrN7O10/c1-8-9-17(22(39)34-19(24(41)42)12-31-21(38)16(29)11-20(30)37)33-23(40)18(35-25(43)45-27(2,3)4)10-15-13-36(14-32-15)26(44)46-28(5,6)7/h13-14,16-19H,8-12H2,1-7H3,(H2,30,37)(H,31,38)(H,33,40)(H,34,39)(H,35,43)(H,41,42)/t16-,17-,18-,19-/m0/s1. The molecule has 4 atom stereocenters. The Morgan fingerprint density at radius 1 is 0.913 bits per heavy atom. The third-order valence-corrected chi connectivity index (χ3v) is 6.37. The lowest BCUT2D eigenvalue weighted by Crippen LogP contribution is -2.58. The van der Waals surface area contributed by atoms with Gasteiger partial charge >= 0.3 is 18.2 Å². The second-order valence-corrected chi connectivity index (χ2v) is 13.4. The summed E-state index contributed by atoms with van der Waals surface area (Å²) in [5, 5.41) is 19.2. The van der Waals surface area contributed by atoms with Gasteiger partial charge in [0.15, 0.2) is 0 Å². The molecule has 0 aliphatic rings. The third-order valence-electron chi connectivity index (χ3n) is 5.63. The first-order chi connectivity index (χ1) is 21.1. The van der Waals surface area contributed by atoms with E-state index >= 15 is 0 Å². The van der Waals surface area contributed by atoms with Crippen LogP contribution in [0.2, 0.25) is 0 Å². The number of primary amides is 1. The molecule has 1 aromatic rings. The maximum Gasteiger partial charge on any atom is 0.419 e. The first-order valence-corrected chi connectivity index (χ1v) is 15.3. The molecule has 0 saturated carbocycles. The maximum atomic E-state index is 13.5. The van der Waals surface area contributed by atoms with Crippen LogP contribution in [0.4, 0.5) is 9.59 Å². The number of alkyl halides is 1. The van der Waals surface area contributed by atoms with E-state index in [0.717, 1.165) is 4.57 Å². The van der Waals surface area contributed by atoms with Crippen LogP contribution in [0, 0.1) is 0 Å². The van der Waals surface area contributed by atoms with E-state index in [1.54, 1.807) is 48.5 Å². The number of nitrogens with two attached hydrogens (primary N) is 1. The molecule has 0 saturated heterocycles. The third kappa shape index (κ3) is 15.2. The molecular formula is C28H44BrN7O10. The van der Waals surface area contributed by atoms with E-state index in [1.807, 2.05) is 0 Å². The van der Waals surface area contributed by atoms with Gasteiger partial charge in [-0.2, -0.15) is 0 Å². The molecule has 1 rings (SSSR count). The quantitative estimate of drug-likeness (QED) is 0.138. The minimum Gasteiger partial charge on any atom is -0.480 e. The fourth-order valence-electron chi connectivity index (χ4n) is 3.64. The first kappa shape index (κ1) is 39.8. The topological polar surface area (TPSA) is 250 Å². The van der Waals surface area contributed by atoms with Crippen LogP contribution in [-0.2, 0) is 39.9 Å². The molecule has 0 aromatic carbocycles. The van der Waals surface area contributed by atoms with Gasteiger partial charge in [0.05, 0.1) is 5.69 Å². The number of halogens is 1. The van der Waals surface area contributed by atoms with Crippen LogP contribution in [0.1, 0.15) is 73.4 Å². The van der Waals surface area contributed by atoms with Crippen molar-refractivity contribution in [3.05, 3.63) is 18.2 Å². The lowest BCUT2D eigenvalue weighted by Gasteiger charge is -2.25. The minimum absolute atomic E-state index is 0.0881. The van der Waals surface area contributed by atoms with E-state index in [0.29, 0.717) is 6.42 Å². The van der Waals surface area contributed by atoms with Gasteiger partial charge in [-0.1, -0.05) is 29.3 Å². The fraction of sp³-hybridized carbons (Fsp3) is 0.643. The zero-order valence-electron chi connectivity index (χ0n) is 27.0. The summed E-state index contributed by atoms with van der Waals surface area (Å²) in [5.74, 6) is -4.63. The van der Waals surface area contributed by atoms with Crippen LogP contribution in [0.3, 0.4) is 0 Å². The van der Waals surface area contributed by atoms with Gasteiger partial charge in [0.1, 0.15) is 40.5 Å². The second-order valence-electron chi connectivity index (χ2n) is 12.3.